The van der Waals surface area contributed by atoms with Gasteiger partial charge in [-0.1, -0.05) is 48.5 Å². The predicted octanol–water partition coefficient (Wildman–Crippen LogP) is 3.74. The summed E-state index contributed by atoms with van der Waals surface area (Å²) in [5.41, 5.74) is 0. The van der Waals surface area contributed by atoms with E-state index in [2.05, 4.69) is 48.5 Å². The predicted molar refractivity (Wildman–Crippen MR) is 62.8 cm³/mol. The lowest BCUT2D eigenvalue weighted by atomic mass is 10.2. The lowest BCUT2D eigenvalue weighted by molar-refractivity contribution is 0.282. The van der Waals surface area contributed by atoms with E-state index in [0.29, 0.717) is 10.1 Å². The van der Waals surface area contributed by atoms with Crippen LogP contribution in [0.1, 0.15) is 54.9 Å². The quantitative estimate of drug-likeness (QED) is 0.634. The summed E-state index contributed by atoms with van der Waals surface area (Å²) in [7, 11) is -1.13. The summed E-state index contributed by atoms with van der Waals surface area (Å²) in [5, 5.41) is 0.737. The second-order valence-corrected chi connectivity index (χ2v) is 10.5. The minimum atomic E-state index is -1.13. The largest absolute Gasteiger partial charge is 0.419 e. The van der Waals surface area contributed by atoms with Gasteiger partial charge >= 0.3 is 0 Å². The summed E-state index contributed by atoms with van der Waals surface area (Å²) in [6.07, 6.45) is 1.13. The van der Waals surface area contributed by atoms with Crippen molar-refractivity contribution in [2.45, 2.75) is 65.0 Å². The normalized spacial score (nSPS) is 13.8. The van der Waals surface area contributed by atoms with E-state index in [0.717, 1.165) is 13.0 Å². The number of hydrogen-bond acceptors (Lipinski definition) is 1. The summed E-state index contributed by atoms with van der Waals surface area (Å²) in [5.74, 6) is 0. The molecule has 0 spiro atoms. The molecule has 0 aliphatic heterocycles. The van der Waals surface area contributed by atoms with Crippen LogP contribution in [0, 0.1) is 0 Å². The van der Waals surface area contributed by atoms with Gasteiger partial charge in [-0.25, -0.2) is 0 Å². The Morgan fingerprint density at radius 1 is 0.923 bits per heavy atom. The van der Waals surface area contributed by atoms with E-state index < -0.39 is 9.04 Å². The maximum Gasteiger partial charge on any atom is 0.187 e. The average Bonchev–Trinajstić information content (AvgIpc) is 1.81. The molecule has 0 unspecified atom stereocenters. The smallest absolute Gasteiger partial charge is 0.187 e. The molecule has 13 heavy (non-hydrogen) atoms. The third-order valence-corrected chi connectivity index (χ3v) is 5.78. The number of hydrogen-bond donors (Lipinski definition) is 0. The molecule has 0 bridgehead atoms. The van der Waals surface area contributed by atoms with E-state index in [1.54, 1.807) is 0 Å². The van der Waals surface area contributed by atoms with Crippen molar-refractivity contribution in [3.8, 4) is 0 Å². The van der Waals surface area contributed by atoms with Gasteiger partial charge in [-0.2, -0.15) is 0 Å². The van der Waals surface area contributed by atoms with Crippen molar-refractivity contribution < 1.29 is 4.43 Å². The maximum absolute atomic E-state index is 6.06. The van der Waals surface area contributed by atoms with Crippen molar-refractivity contribution in [3.63, 3.8) is 0 Å². The minimum absolute atomic E-state index is 0.368. The van der Waals surface area contributed by atoms with Crippen LogP contribution < -0.4 is 0 Å². The molecule has 0 radical (unpaired) electrons. The first-order valence-electron chi connectivity index (χ1n) is 5.31. The zero-order valence-corrected chi connectivity index (χ0v) is 11.6. The van der Waals surface area contributed by atoms with Gasteiger partial charge in [-0.05, 0) is 16.5 Å². The van der Waals surface area contributed by atoms with Crippen LogP contribution in [0.4, 0.5) is 0 Å². The van der Waals surface area contributed by atoms with E-state index in [9.17, 15) is 0 Å². The van der Waals surface area contributed by atoms with Gasteiger partial charge in [0.25, 0.3) is 0 Å². The van der Waals surface area contributed by atoms with Gasteiger partial charge in [0.15, 0.2) is 9.04 Å². The van der Waals surface area contributed by atoms with E-state index in [4.69, 9.17) is 4.43 Å². The summed E-state index contributed by atoms with van der Waals surface area (Å²) < 4.78 is 6.06. The Labute approximate surface area is 85.6 Å². The van der Waals surface area contributed by atoms with E-state index in [1.807, 2.05) is 0 Å². The molecular weight excluding hydrogens is 176 g/mol. The molecule has 1 nitrogen and oxygen atoms in total. The first-order valence-corrected chi connectivity index (χ1v) is 6.93. The standard InChI is InChI=1S/C11H26OSi/c1-8-9-12-13(10(2,3)4)11(5,6)7/h13H,8-9H2,1-7H3. The zero-order chi connectivity index (χ0) is 10.7. The van der Waals surface area contributed by atoms with E-state index >= 15 is 0 Å². The SMILES string of the molecule is CCCO[SiH](C(C)(C)C)C(C)(C)C. The van der Waals surface area contributed by atoms with Gasteiger partial charge in [0, 0.05) is 6.61 Å². The van der Waals surface area contributed by atoms with E-state index in [-0.39, 0.29) is 0 Å². The Kier molecular flexibility index (Phi) is 4.67. The van der Waals surface area contributed by atoms with Crippen molar-refractivity contribution in [3.05, 3.63) is 0 Å². The van der Waals surface area contributed by atoms with Crippen LogP contribution in [-0.2, 0) is 4.43 Å². The molecule has 80 valence electrons. The minimum Gasteiger partial charge on any atom is -0.419 e. The average molecular weight is 202 g/mol. The molecule has 2 heteroatoms. The van der Waals surface area contributed by atoms with Crippen molar-refractivity contribution in [1.82, 2.24) is 0 Å². The molecule has 0 aromatic heterocycles. The van der Waals surface area contributed by atoms with Crippen LogP contribution in [0.5, 0.6) is 0 Å². The van der Waals surface area contributed by atoms with Gasteiger partial charge in [0.1, 0.15) is 0 Å². The van der Waals surface area contributed by atoms with Crippen molar-refractivity contribution in [1.29, 1.82) is 0 Å². The molecule has 0 aliphatic carbocycles. The fourth-order valence-electron chi connectivity index (χ4n) is 2.03. The topological polar surface area (TPSA) is 9.23 Å². The fourth-order valence-corrected chi connectivity index (χ4v) is 6.10. The van der Waals surface area contributed by atoms with Gasteiger partial charge < -0.3 is 4.43 Å². The van der Waals surface area contributed by atoms with Gasteiger partial charge in [-0.3, -0.25) is 0 Å². The summed E-state index contributed by atoms with van der Waals surface area (Å²) in [4.78, 5) is 0. The van der Waals surface area contributed by atoms with Crippen LogP contribution in [-0.4, -0.2) is 15.6 Å². The molecule has 0 heterocycles. The van der Waals surface area contributed by atoms with Crippen LogP contribution in [0.15, 0.2) is 0 Å². The number of rotatable bonds is 3. The molecule has 0 aromatic rings. The molecule has 0 N–H and O–H groups in total. The molecule has 0 atom stereocenters. The molecule has 0 aliphatic rings. The first kappa shape index (κ1) is 13.2. The van der Waals surface area contributed by atoms with Gasteiger partial charge in [-0.15, -0.1) is 0 Å². The van der Waals surface area contributed by atoms with Crippen LogP contribution in [0.25, 0.3) is 0 Å². The van der Waals surface area contributed by atoms with Crippen LogP contribution >= 0.6 is 0 Å². The first-order chi connectivity index (χ1) is 5.69. The fraction of sp³-hybridized carbons (Fsp3) is 1.00. The summed E-state index contributed by atoms with van der Waals surface area (Å²) in [6, 6.07) is 0. The third kappa shape index (κ3) is 4.82. The maximum atomic E-state index is 6.06. The lowest BCUT2D eigenvalue weighted by Gasteiger charge is -2.38. The molecular formula is C11H26OSi. The van der Waals surface area contributed by atoms with Crippen LogP contribution in [0.3, 0.4) is 0 Å². The summed E-state index contributed by atoms with van der Waals surface area (Å²) in [6.45, 7) is 17.0. The molecule has 0 amide bonds. The highest BCUT2D eigenvalue weighted by Crippen LogP contribution is 2.42. The van der Waals surface area contributed by atoms with E-state index in [1.165, 1.54) is 0 Å². The van der Waals surface area contributed by atoms with Crippen molar-refractivity contribution in [2.75, 3.05) is 6.61 Å². The molecule has 0 saturated carbocycles. The Balaban J connectivity index is 4.39. The third-order valence-electron chi connectivity index (χ3n) is 2.06. The van der Waals surface area contributed by atoms with Gasteiger partial charge in [0.05, 0.1) is 0 Å². The van der Waals surface area contributed by atoms with Gasteiger partial charge in [0.2, 0.25) is 0 Å². The Bertz CT molecular complexity index is 127. The van der Waals surface area contributed by atoms with Crippen molar-refractivity contribution in [2.24, 2.45) is 0 Å². The molecule has 0 saturated heterocycles. The molecule has 0 rings (SSSR count). The Hall–Kier alpha value is 0.177. The molecule has 0 aromatic carbocycles. The summed E-state index contributed by atoms with van der Waals surface area (Å²) >= 11 is 0. The lowest BCUT2D eigenvalue weighted by Crippen LogP contribution is -2.38. The monoisotopic (exact) mass is 202 g/mol. The Morgan fingerprint density at radius 2 is 1.31 bits per heavy atom. The van der Waals surface area contributed by atoms with Crippen LogP contribution in [0.2, 0.25) is 10.1 Å². The zero-order valence-electron chi connectivity index (χ0n) is 10.4. The van der Waals surface area contributed by atoms with Crippen molar-refractivity contribution >= 4 is 9.04 Å². The highest BCUT2D eigenvalue weighted by Gasteiger charge is 2.37. The Morgan fingerprint density at radius 3 is 1.54 bits per heavy atom. The second kappa shape index (κ2) is 4.60. The molecule has 0 fully saturated rings. The highest BCUT2D eigenvalue weighted by atomic mass is 28.3. The second-order valence-electron chi connectivity index (χ2n) is 5.98. The highest BCUT2D eigenvalue weighted by molar-refractivity contribution is 6.58.